The topological polar surface area (TPSA) is 43.6 Å². The first-order valence-corrected chi connectivity index (χ1v) is 9.73. The van der Waals surface area contributed by atoms with Gasteiger partial charge in [0.05, 0.1) is 5.69 Å². The molecule has 0 fully saturated rings. The Balaban J connectivity index is 1.70. The molecule has 0 spiro atoms. The van der Waals surface area contributed by atoms with E-state index < -0.39 is 0 Å². The van der Waals surface area contributed by atoms with Crippen molar-refractivity contribution in [3.63, 3.8) is 0 Å². The molecule has 23 heavy (non-hydrogen) atoms. The van der Waals surface area contributed by atoms with Crippen LogP contribution >= 0.6 is 23.1 Å². The van der Waals surface area contributed by atoms with Gasteiger partial charge in [-0.2, -0.15) is 0 Å². The minimum atomic E-state index is 0.828. The third-order valence-corrected chi connectivity index (χ3v) is 5.42. The lowest BCUT2D eigenvalue weighted by atomic mass is 10.2. The van der Waals surface area contributed by atoms with Crippen LogP contribution in [0.15, 0.2) is 40.9 Å². The van der Waals surface area contributed by atoms with Crippen LogP contribution in [0.2, 0.25) is 0 Å². The third-order valence-electron chi connectivity index (χ3n) is 3.48. The number of aryl methyl sites for hydroxylation is 1. The summed E-state index contributed by atoms with van der Waals surface area (Å²) in [5.74, 6) is 1.90. The van der Waals surface area contributed by atoms with Gasteiger partial charge in [-0.15, -0.1) is 21.5 Å². The Hall–Kier alpha value is -1.66. The Labute approximate surface area is 145 Å². The van der Waals surface area contributed by atoms with E-state index in [0.717, 1.165) is 46.8 Å². The second kappa shape index (κ2) is 7.75. The molecule has 120 valence electrons. The Morgan fingerprint density at radius 1 is 1.13 bits per heavy atom. The molecule has 0 amide bonds. The summed E-state index contributed by atoms with van der Waals surface area (Å²) in [5, 5.41) is 12.8. The molecule has 0 radical (unpaired) electrons. The highest BCUT2D eigenvalue weighted by Crippen LogP contribution is 2.27. The van der Waals surface area contributed by atoms with Gasteiger partial charge in [-0.05, 0) is 6.42 Å². The summed E-state index contributed by atoms with van der Waals surface area (Å²) in [6.07, 6.45) is 2.01. The smallest absolute Gasteiger partial charge is 0.191 e. The highest BCUT2D eigenvalue weighted by molar-refractivity contribution is 7.98. The molecule has 0 saturated heterocycles. The average Bonchev–Trinajstić information content (AvgIpc) is 3.21. The van der Waals surface area contributed by atoms with Crippen LogP contribution in [0.3, 0.4) is 0 Å². The van der Waals surface area contributed by atoms with Crippen molar-refractivity contribution >= 4 is 23.1 Å². The first-order chi connectivity index (χ1) is 11.3. The van der Waals surface area contributed by atoms with Gasteiger partial charge in [0.25, 0.3) is 0 Å². The summed E-state index contributed by atoms with van der Waals surface area (Å²) in [7, 11) is 0. The van der Waals surface area contributed by atoms with Gasteiger partial charge >= 0.3 is 0 Å². The van der Waals surface area contributed by atoms with E-state index in [0.29, 0.717) is 0 Å². The number of thioether (sulfide) groups is 1. The second-order valence-electron chi connectivity index (χ2n) is 5.20. The van der Waals surface area contributed by atoms with Crippen molar-refractivity contribution in [3.8, 4) is 10.6 Å². The van der Waals surface area contributed by atoms with Gasteiger partial charge in [0.15, 0.2) is 5.16 Å². The van der Waals surface area contributed by atoms with Crippen molar-refractivity contribution in [2.75, 3.05) is 0 Å². The van der Waals surface area contributed by atoms with Gasteiger partial charge in [0, 0.05) is 29.7 Å². The number of hydrogen-bond acceptors (Lipinski definition) is 5. The number of aromatic nitrogens is 4. The molecular formula is C17H20N4S2. The lowest BCUT2D eigenvalue weighted by molar-refractivity contribution is 0.595. The Bertz CT molecular complexity index is 749. The number of thiazole rings is 1. The van der Waals surface area contributed by atoms with Crippen LogP contribution in [0.25, 0.3) is 10.6 Å². The van der Waals surface area contributed by atoms with E-state index in [1.54, 1.807) is 23.1 Å². The first-order valence-electron chi connectivity index (χ1n) is 7.86. The van der Waals surface area contributed by atoms with Crippen molar-refractivity contribution in [3.05, 3.63) is 47.2 Å². The summed E-state index contributed by atoms with van der Waals surface area (Å²) in [5.41, 5.74) is 2.28. The maximum Gasteiger partial charge on any atom is 0.191 e. The molecule has 2 aromatic heterocycles. The highest BCUT2D eigenvalue weighted by Gasteiger charge is 2.12. The molecule has 0 aliphatic rings. The van der Waals surface area contributed by atoms with Gasteiger partial charge in [-0.1, -0.05) is 55.9 Å². The zero-order chi connectivity index (χ0) is 16.1. The normalized spacial score (nSPS) is 11.0. The van der Waals surface area contributed by atoms with E-state index in [2.05, 4.69) is 46.1 Å². The second-order valence-corrected chi connectivity index (χ2v) is 7.00. The van der Waals surface area contributed by atoms with E-state index >= 15 is 0 Å². The summed E-state index contributed by atoms with van der Waals surface area (Å²) in [6, 6.07) is 10.3. The number of hydrogen-bond donors (Lipinski definition) is 0. The van der Waals surface area contributed by atoms with Crippen molar-refractivity contribution in [1.82, 2.24) is 19.7 Å². The fourth-order valence-electron chi connectivity index (χ4n) is 2.36. The number of rotatable bonds is 7. The van der Waals surface area contributed by atoms with Crippen LogP contribution in [0.1, 0.15) is 31.8 Å². The number of nitrogens with zero attached hydrogens (tertiary/aromatic N) is 4. The zero-order valence-electron chi connectivity index (χ0n) is 13.4. The molecule has 1 aromatic carbocycles. The molecule has 0 atom stereocenters. The SMILES string of the molecule is CCCn1c(CC)nnc1SCc1csc(-c2ccccc2)n1. The first kappa shape index (κ1) is 16.2. The minimum absolute atomic E-state index is 0.828. The molecule has 0 aliphatic heterocycles. The highest BCUT2D eigenvalue weighted by atomic mass is 32.2. The van der Waals surface area contributed by atoms with Crippen molar-refractivity contribution < 1.29 is 0 Å². The molecule has 0 saturated carbocycles. The summed E-state index contributed by atoms with van der Waals surface area (Å²) >= 11 is 3.41. The van der Waals surface area contributed by atoms with Crippen LogP contribution in [0.4, 0.5) is 0 Å². The summed E-state index contributed by atoms with van der Waals surface area (Å²) in [6.45, 7) is 5.28. The minimum Gasteiger partial charge on any atom is -0.306 e. The molecule has 6 heteroatoms. The fourth-order valence-corrected chi connectivity index (χ4v) is 4.17. The lowest BCUT2D eigenvalue weighted by Crippen LogP contribution is -2.04. The molecule has 0 unspecified atom stereocenters. The maximum absolute atomic E-state index is 4.74. The summed E-state index contributed by atoms with van der Waals surface area (Å²) < 4.78 is 2.23. The summed E-state index contributed by atoms with van der Waals surface area (Å²) in [4.78, 5) is 4.74. The molecular weight excluding hydrogens is 324 g/mol. The molecule has 3 rings (SSSR count). The standard InChI is InChI=1S/C17H20N4S2/c1-3-10-21-15(4-2)19-20-17(21)23-12-14-11-22-16(18-14)13-8-6-5-7-9-13/h5-9,11H,3-4,10,12H2,1-2H3. The Morgan fingerprint density at radius 2 is 1.96 bits per heavy atom. The molecule has 0 bridgehead atoms. The molecule has 0 N–H and O–H groups in total. The molecule has 4 nitrogen and oxygen atoms in total. The van der Waals surface area contributed by atoms with Crippen LogP contribution in [-0.2, 0) is 18.7 Å². The molecule has 0 aliphatic carbocycles. The van der Waals surface area contributed by atoms with Crippen molar-refractivity contribution in [2.45, 2.75) is 44.1 Å². The fraction of sp³-hybridized carbons (Fsp3) is 0.353. The van der Waals surface area contributed by atoms with E-state index in [1.165, 1.54) is 5.56 Å². The predicted octanol–water partition coefficient (Wildman–Crippen LogP) is 4.67. The Kier molecular flexibility index (Phi) is 5.46. The monoisotopic (exact) mass is 344 g/mol. The van der Waals surface area contributed by atoms with Crippen molar-refractivity contribution in [1.29, 1.82) is 0 Å². The molecule has 2 heterocycles. The van der Waals surface area contributed by atoms with Gasteiger partial charge in [0.1, 0.15) is 10.8 Å². The maximum atomic E-state index is 4.74. The van der Waals surface area contributed by atoms with Gasteiger partial charge in [0.2, 0.25) is 0 Å². The number of benzene rings is 1. The van der Waals surface area contributed by atoms with Crippen LogP contribution in [0, 0.1) is 0 Å². The van der Waals surface area contributed by atoms with Crippen molar-refractivity contribution in [2.24, 2.45) is 0 Å². The third kappa shape index (κ3) is 3.82. The molecule has 3 aromatic rings. The van der Waals surface area contributed by atoms with E-state index in [9.17, 15) is 0 Å². The quantitative estimate of drug-likeness (QED) is 0.584. The predicted molar refractivity (Wildman–Crippen MR) is 96.8 cm³/mol. The lowest BCUT2D eigenvalue weighted by Gasteiger charge is -2.06. The van der Waals surface area contributed by atoms with Gasteiger partial charge < -0.3 is 4.57 Å². The zero-order valence-corrected chi connectivity index (χ0v) is 15.0. The van der Waals surface area contributed by atoms with E-state index in [4.69, 9.17) is 4.98 Å². The Morgan fingerprint density at radius 3 is 2.70 bits per heavy atom. The average molecular weight is 345 g/mol. The van der Waals surface area contributed by atoms with Crippen LogP contribution < -0.4 is 0 Å². The van der Waals surface area contributed by atoms with Gasteiger partial charge in [-0.3, -0.25) is 0 Å². The van der Waals surface area contributed by atoms with Gasteiger partial charge in [-0.25, -0.2) is 4.98 Å². The van der Waals surface area contributed by atoms with Crippen LogP contribution in [0.5, 0.6) is 0 Å². The van der Waals surface area contributed by atoms with E-state index in [1.807, 2.05) is 18.2 Å². The largest absolute Gasteiger partial charge is 0.306 e. The van der Waals surface area contributed by atoms with E-state index in [-0.39, 0.29) is 0 Å². The van der Waals surface area contributed by atoms with Crippen LogP contribution in [-0.4, -0.2) is 19.7 Å².